The molecule has 1 aliphatic rings. The molecular weight excluding hydrogens is 335 g/mol. The Morgan fingerprint density at radius 3 is 2.38 bits per heavy atom. The molecule has 0 spiro atoms. The lowest BCUT2D eigenvalue weighted by atomic mass is 10.2. The molecule has 1 N–H and O–H groups in total. The summed E-state index contributed by atoms with van der Waals surface area (Å²) in [7, 11) is 0. The van der Waals surface area contributed by atoms with Crippen LogP contribution in [0.4, 0.5) is 5.69 Å². The normalized spacial score (nSPS) is 23.1. The first kappa shape index (κ1) is 16.8. The molecular formula is C14H17Cl3N2O2. The zero-order valence-corrected chi connectivity index (χ0v) is 14.1. The van der Waals surface area contributed by atoms with Crippen LogP contribution in [0.25, 0.3) is 0 Å². The van der Waals surface area contributed by atoms with Gasteiger partial charge >= 0.3 is 0 Å². The van der Waals surface area contributed by atoms with E-state index < -0.39 is 0 Å². The van der Waals surface area contributed by atoms with E-state index in [4.69, 9.17) is 39.5 Å². The number of rotatable bonds is 3. The van der Waals surface area contributed by atoms with Gasteiger partial charge in [0.1, 0.15) is 0 Å². The summed E-state index contributed by atoms with van der Waals surface area (Å²) in [5, 5.41) is 3.83. The van der Waals surface area contributed by atoms with E-state index >= 15 is 0 Å². The summed E-state index contributed by atoms with van der Waals surface area (Å²) in [6, 6.07) is 3.06. The van der Waals surface area contributed by atoms with E-state index in [2.05, 4.69) is 10.2 Å². The first-order valence-corrected chi connectivity index (χ1v) is 7.80. The third-order valence-electron chi connectivity index (χ3n) is 3.15. The molecule has 1 amide bonds. The number of carbonyl (C=O) groups excluding carboxylic acids is 1. The van der Waals surface area contributed by atoms with Crippen molar-refractivity contribution in [2.24, 2.45) is 0 Å². The van der Waals surface area contributed by atoms with Crippen LogP contribution in [0, 0.1) is 0 Å². The molecule has 0 aromatic heterocycles. The van der Waals surface area contributed by atoms with Gasteiger partial charge in [-0.1, -0.05) is 34.8 Å². The largest absolute Gasteiger partial charge is 0.373 e. The highest BCUT2D eigenvalue weighted by Gasteiger charge is 2.23. The van der Waals surface area contributed by atoms with Crippen LogP contribution in [0.3, 0.4) is 0 Å². The SMILES string of the molecule is C[C@@H]1CN(CC(=O)Nc2cc(Cl)c(Cl)cc2Cl)C[C@H](C)O1. The van der Waals surface area contributed by atoms with Gasteiger partial charge in [0.15, 0.2) is 0 Å². The Bertz CT molecular complexity index is 529. The van der Waals surface area contributed by atoms with E-state index in [1.165, 1.54) is 6.07 Å². The standard InChI is InChI=1S/C14H17Cl3N2O2/c1-8-5-19(6-9(2)21-8)7-14(20)18-13-4-11(16)10(15)3-12(13)17/h3-4,8-9H,5-7H2,1-2H3,(H,18,20)/t8-,9+. The van der Waals surface area contributed by atoms with Crippen LogP contribution >= 0.6 is 34.8 Å². The molecule has 2 atom stereocenters. The number of nitrogens with one attached hydrogen (secondary N) is 1. The minimum atomic E-state index is -0.142. The molecule has 0 bridgehead atoms. The van der Waals surface area contributed by atoms with Gasteiger partial charge in [-0.25, -0.2) is 0 Å². The quantitative estimate of drug-likeness (QED) is 0.844. The average molecular weight is 352 g/mol. The van der Waals surface area contributed by atoms with Gasteiger partial charge in [-0.2, -0.15) is 0 Å². The van der Waals surface area contributed by atoms with Crippen molar-refractivity contribution in [1.82, 2.24) is 4.90 Å². The molecule has 21 heavy (non-hydrogen) atoms. The van der Waals surface area contributed by atoms with Crippen molar-refractivity contribution in [1.29, 1.82) is 0 Å². The van der Waals surface area contributed by atoms with E-state index in [0.717, 1.165) is 13.1 Å². The molecule has 0 unspecified atom stereocenters. The fourth-order valence-corrected chi connectivity index (χ4v) is 3.02. The molecule has 1 aromatic rings. The van der Waals surface area contributed by atoms with Gasteiger partial charge < -0.3 is 10.1 Å². The van der Waals surface area contributed by atoms with Gasteiger partial charge in [0.05, 0.1) is 39.5 Å². The molecule has 2 rings (SSSR count). The summed E-state index contributed by atoms with van der Waals surface area (Å²) in [5.41, 5.74) is 0.463. The Morgan fingerprint density at radius 1 is 1.19 bits per heavy atom. The maximum atomic E-state index is 12.1. The zero-order valence-electron chi connectivity index (χ0n) is 11.8. The van der Waals surface area contributed by atoms with Crippen LogP contribution in [0.5, 0.6) is 0 Å². The molecule has 1 aliphatic heterocycles. The molecule has 1 aromatic carbocycles. The highest BCUT2D eigenvalue weighted by atomic mass is 35.5. The van der Waals surface area contributed by atoms with Crippen molar-refractivity contribution >= 4 is 46.4 Å². The summed E-state index contributed by atoms with van der Waals surface area (Å²) in [4.78, 5) is 14.2. The minimum absolute atomic E-state index is 0.120. The van der Waals surface area contributed by atoms with Crippen molar-refractivity contribution in [3.63, 3.8) is 0 Å². The number of carbonyl (C=O) groups is 1. The van der Waals surface area contributed by atoms with Crippen LogP contribution in [0.1, 0.15) is 13.8 Å². The monoisotopic (exact) mass is 350 g/mol. The molecule has 1 saturated heterocycles. The lowest BCUT2D eigenvalue weighted by molar-refractivity contribution is -0.121. The number of hydrogen-bond donors (Lipinski definition) is 1. The number of nitrogens with zero attached hydrogens (tertiary/aromatic N) is 1. The van der Waals surface area contributed by atoms with Crippen LogP contribution < -0.4 is 5.32 Å². The topological polar surface area (TPSA) is 41.6 Å². The van der Waals surface area contributed by atoms with E-state index in [9.17, 15) is 4.79 Å². The van der Waals surface area contributed by atoms with E-state index in [0.29, 0.717) is 20.8 Å². The van der Waals surface area contributed by atoms with E-state index in [-0.39, 0.29) is 24.7 Å². The number of halogens is 3. The first-order valence-electron chi connectivity index (χ1n) is 6.67. The second-order valence-corrected chi connectivity index (χ2v) is 6.47. The smallest absolute Gasteiger partial charge is 0.238 e. The number of anilines is 1. The maximum Gasteiger partial charge on any atom is 0.238 e. The van der Waals surface area contributed by atoms with Crippen LogP contribution in [-0.4, -0.2) is 42.6 Å². The fraction of sp³-hybridized carbons (Fsp3) is 0.500. The van der Waals surface area contributed by atoms with Crippen LogP contribution in [0.2, 0.25) is 15.1 Å². The highest BCUT2D eigenvalue weighted by Crippen LogP contribution is 2.32. The highest BCUT2D eigenvalue weighted by molar-refractivity contribution is 6.44. The molecule has 1 fully saturated rings. The summed E-state index contributed by atoms with van der Waals surface area (Å²) >= 11 is 17.8. The van der Waals surface area contributed by atoms with Crippen molar-refractivity contribution in [2.75, 3.05) is 25.0 Å². The molecule has 0 aliphatic carbocycles. The molecule has 0 radical (unpaired) electrons. The minimum Gasteiger partial charge on any atom is -0.373 e. The Hall–Kier alpha value is -0.520. The van der Waals surface area contributed by atoms with Crippen molar-refractivity contribution < 1.29 is 9.53 Å². The van der Waals surface area contributed by atoms with Crippen molar-refractivity contribution in [3.8, 4) is 0 Å². The molecule has 4 nitrogen and oxygen atoms in total. The lowest BCUT2D eigenvalue weighted by Crippen LogP contribution is -2.48. The molecule has 116 valence electrons. The zero-order chi connectivity index (χ0) is 15.6. The predicted octanol–water partition coefficient (Wildman–Crippen LogP) is 3.69. The fourth-order valence-electron chi connectivity index (χ4n) is 2.42. The summed E-state index contributed by atoms with van der Waals surface area (Å²) < 4.78 is 5.64. The summed E-state index contributed by atoms with van der Waals surface area (Å²) in [6.45, 7) is 5.74. The van der Waals surface area contributed by atoms with Gasteiger partial charge in [-0.3, -0.25) is 9.69 Å². The van der Waals surface area contributed by atoms with E-state index in [1.807, 2.05) is 13.8 Å². The lowest BCUT2D eigenvalue weighted by Gasteiger charge is -2.34. The number of ether oxygens (including phenoxy) is 1. The Balaban J connectivity index is 1.97. The van der Waals surface area contributed by atoms with Crippen LogP contribution in [0.15, 0.2) is 12.1 Å². The van der Waals surface area contributed by atoms with Gasteiger partial charge in [0.2, 0.25) is 5.91 Å². The number of amides is 1. The summed E-state index contributed by atoms with van der Waals surface area (Å²) in [5.74, 6) is -0.142. The Labute approximate surface area is 139 Å². The third-order valence-corrected chi connectivity index (χ3v) is 4.18. The van der Waals surface area contributed by atoms with Crippen molar-refractivity contribution in [2.45, 2.75) is 26.1 Å². The third kappa shape index (κ3) is 4.73. The predicted molar refractivity (Wildman–Crippen MR) is 86.6 cm³/mol. The van der Waals surface area contributed by atoms with Crippen LogP contribution in [-0.2, 0) is 9.53 Å². The number of morpholine rings is 1. The number of benzene rings is 1. The second-order valence-electron chi connectivity index (χ2n) is 5.25. The van der Waals surface area contributed by atoms with Gasteiger partial charge in [0, 0.05) is 13.1 Å². The van der Waals surface area contributed by atoms with Gasteiger partial charge in [0.25, 0.3) is 0 Å². The summed E-state index contributed by atoms with van der Waals surface area (Å²) in [6.07, 6.45) is 0.241. The Kier molecular flexibility index (Phi) is 5.74. The van der Waals surface area contributed by atoms with E-state index in [1.54, 1.807) is 6.07 Å². The van der Waals surface area contributed by atoms with Gasteiger partial charge in [-0.05, 0) is 26.0 Å². The van der Waals surface area contributed by atoms with Gasteiger partial charge in [-0.15, -0.1) is 0 Å². The van der Waals surface area contributed by atoms with Crippen molar-refractivity contribution in [3.05, 3.63) is 27.2 Å². The maximum absolute atomic E-state index is 12.1. The molecule has 7 heteroatoms. The second kappa shape index (κ2) is 7.16. The molecule has 1 heterocycles. The number of hydrogen-bond acceptors (Lipinski definition) is 3. The molecule has 0 saturated carbocycles. The average Bonchev–Trinajstić information content (AvgIpc) is 2.34. The Morgan fingerprint density at radius 2 is 1.76 bits per heavy atom. The first-order chi connectivity index (χ1) is 9.85.